The van der Waals surface area contributed by atoms with Gasteiger partial charge < -0.3 is 19.9 Å². The molecule has 2 heterocycles. The van der Waals surface area contributed by atoms with Crippen LogP contribution >= 0.6 is 15.9 Å². The van der Waals surface area contributed by atoms with Crippen LogP contribution in [0.3, 0.4) is 0 Å². The molecule has 3 aromatic rings. The summed E-state index contributed by atoms with van der Waals surface area (Å²) in [5.74, 6) is -0.784. The Labute approximate surface area is 162 Å². The molecule has 27 heavy (non-hydrogen) atoms. The quantitative estimate of drug-likeness (QED) is 0.647. The minimum Gasteiger partial charge on any atom is -0.448 e. The first-order valence-corrected chi connectivity index (χ1v) is 9.09. The number of aromatic nitrogens is 1. The van der Waals surface area contributed by atoms with Crippen LogP contribution in [-0.4, -0.2) is 35.0 Å². The van der Waals surface area contributed by atoms with E-state index in [2.05, 4.69) is 26.2 Å². The summed E-state index contributed by atoms with van der Waals surface area (Å²) in [6, 6.07) is 11.8. The number of benzene rings is 2. The molecular formula is C19H15BrFN3O3. The van der Waals surface area contributed by atoms with Gasteiger partial charge in [0.2, 0.25) is 0 Å². The first kappa shape index (κ1) is 17.5. The number of cyclic esters (lactones) is 1. The number of amides is 2. The van der Waals surface area contributed by atoms with Crippen LogP contribution in [0.5, 0.6) is 0 Å². The second-order valence-corrected chi connectivity index (χ2v) is 7.14. The van der Waals surface area contributed by atoms with Crippen LogP contribution in [0.2, 0.25) is 0 Å². The lowest BCUT2D eigenvalue weighted by Gasteiger charge is -2.13. The molecule has 0 bridgehead atoms. The van der Waals surface area contributed by atoms with E-state index in [1.165, 1.54) is 12.1 Å². The van der Waals surface area contributed by atoms with Gasteiger partial charge in [-0.15, -0.1) is 0 Å². The van der Waals surface area contributed by atoms with Crippen LogP contribution in [-0.2, 0) is 11.3 Å². The summed E-state index contributed by atoms with van der Waals surface area (Å²) in [6.07, 6.45) is -0.337. The molecule has 0 spiro atoms. The van der Waals surface area contributed by atoms with E-state index in [9.17, 15) is 14.0 Å². The van der Waals surface area contributed by atoms with Gasteiger partial charge in [0, 0.05) is 22.1 Å². The third-order valence-corrected chi connectivity index (χ3v) is 4.76. The molecular weight excluding hydrogens is 417 g/mol. The van der Waals surface area contributed by atoms with Gasteiger partial charge in [-0.2, -0.15) is 0 Å². The number of H-pyrrole nitrogens is 1. The van der Waals surface area contributed by atoms with Gasteiger partial charge >= 0.3 is 6.09 Å². The van der Waals surface area contributed by atoms with Gasteiger partial charge in [0.05, 0.1) is 12.1 Å². The van der Waals surface area contributed by atoms with Crippen molar-refractivity contribution in [3.63, 3.8) is 0 Å². The predicted octanol–water partition coefficient (Wildman–Crippen LogP) is 4.27. The topological polar surface area (TPSA) is 74.4 Å². The molecule has 1 saturated heterocycles. The minimum absolute atomic E-state index is 0.260. The Balaban J connectivity index is 1.52. The largest absolute Gasteiger partial charge is 0.448 e. The first-order chi connectivity index (χ1) is 13.0. The molecule has 0 atom stereocenters. The molecule has 138 valence electrons. The van der Waals surface area contributed by atoms with E-state index in [4.69, 9.17) is 4.74 Å². The third-order valence-electron chi connectivity index (χ3n) is 4.30. The Hall–Kier alpha value is -2.87. The second kappa shape index (κ2) is 7.03. The summed E-state index contributed by atoms with van der Waals surface area (Å²) in [4.78, 5) is 28.6. The second-order valence-electron chi connectivity index (χ2n) is 6.22. The fourth-order valence-corrected chi connectivity index (χ4v) is 3.45. The molecule has 0 radical (unpaired) electrons. The maximum atomic E-state index is 14.0. The first-order valence-electron chi connectivity index (χ1n) is 8.29. The number of anilines is 1. The number of halogens is 2. The van der Waals surface area contributed by atoms with Crippen molar-refractivity contribution in [2.45, 2.75) is 6.54 Å². The standard InChI is InChI=1S/C19H15BrFN3O3/c20-12-7-15(21)14-9-17(23-16(14)8-12)18(25)22-13-3-1-2-11(6-13)10-24-4-5-27-19(24)26/h1-3,6-9,23H,4-5,10H2,(H,22,25). The maximum absolute atomic E-state index is 14.0. The van der Waals surface area contributed by atoms with Crippen LogP contribution in [0.25, 0.3) is 10.9 Å². The zero-order valence-electron chi connectivity index (χ0n) is 14.1. The number of aromatic amines is 1. The van der Waals surface area contributed by atoms with Crippen LogP contribution in [0.4, 0.5) is 14.9 Å². The van der Waals surface area contributed by atoms with Crippen molar-refractivity contribution in [3.05, 3.63) is 64.0 Å². The van der Waals surface area contributed by atoms with E-state index < -0.39 is 5.82 Å². The summed E-state index contributed by atoms with van der Waals surface area (Å²) < 4.78 is 19.5. The molecule has 6 nitrogen and oxygen atoms in total. The van der Waals surface area contributed by atoms with E-state index in [1.54, 1.807) is 29.2 Å². The van der Waals surface area contributed by atoms with Gasteiger partial charge in [-0.3, -0.25) is 4.79 Å². The molecule has 1 fully saturated rings. The summed E-state index contributed by atoms with van der Waals surface area (Å²) in [6.45, 7) is 1.35. The highest BCUT2D eigenvalue weighted by atomic mass is 79.9. The molecule has 0 aliphatic carbocycles. The summed E-state index contributed by atoms with van der Waals surface area (Å²) in [5, 5.41) is 3.14. The molecule has 0 saturated carbocycles. The van der Waals surface area contributed by atoms with Crippen LogP contribution in [0.1, 0.15) is 16.1 Å². The zero-order chi connectivity index (χ0) is 19.0. The Morgan fingerprint density at radius 3 is 2.93 bits per heavy atom. The third kappa shape index (κ3) is 3.66. The number of hydrogen-bond acceptors (Lipinski definition) is 3. The van der Waals surface area contributed by atoms with E-state index in [-0.39, 0.29) is 17.7 Å². The van der Waals surface area contributed by atoms with Gasteiger partial charge in [-0.25, -0.2) is 9.18 Å². The fraction of sp³-hybridized carbons (Fsp3) is 0.158. The summed E-state index contributed by atoms with van der Waals surface area (Å²) in [5.41, 5.74) is 2.26. The lowest BCUT2D eigenvalue weighted by atomic mass is 10.2. The van der Waals surface area contributed by atoms with E-state index in [0.29, 0.717) is 40.8 Å². The Morgan fingerprint density at radius 1 is 1.30 bits per heavy atom. The molecule has 1 aromatic heterocycles. The van der Waals surface area contributed by atoms with Crippen molar-refractivity contribution in [1.29, 1.82) is 0 Å². The van der Waals surface area contributed by atoms with E-state index in [0.717, 1.165) is 5.56 Å². The highest BCUT2D eigenvalue weighted by Crippen LogP contribution is 2.24. The number of nitrogens with zero attached hydrogens (tertiary/aromatic N) is 1. The Bertz CT molecular complexity index is 1050. The Morgan fingerprint density at radius 2 is 2.15 bits per heavy atom. The number of fused-ring (bicyclic) bond motifs is 1. The van der Waals surface area contributed by atoms with Gasteiger partial charge in [-0.05, 0) is 35.9 Å². The van der Waals surface area contributed by atoms with Gasteiger partial charge in [0.1, 0.15) is 18.1 Å². The number of hydrogen-bond donors (Lipinski definition) is 2. The van der Waals surface area contributed by atoms with Crippen molar-refractivity contribution >= 4 is 44.5 Å². The average Bonchev–Trinajstić information content (AvgIpc) is 3.22. The maximum Gasteiger partial charge on any atom is 0.410 e. The number of carbonyl (C=O) groups is 2. The van der Waals surface area contributed by atoms with E-state index >= 15 is 0 Å². The lowest BCUT2D eigenvalue weighted by Crippen LogP contribution is -2.23. The summed E-state index contributed by atoms with van der Waals surface area (Å²) in [7, 11) is 0. The number of ether oxygens (including phenoxy) is 1. The molecule has 2 amide bonds. The minimum atomic E-state index is -0.408. The molecule has 2 N–H and O–H groups in total. The van der Waals surface area contributed by atoms with E-state index in [1.807, 2.05) is 6.07 Å². The van der Waals surface area contributed by atoms with Gasteiger partial charge in [0.25, 0.3) is 5.91 Å². The number of nitrogens with one attached hydrogen (secondary N) is 2. The number of rotatable bonds is 4. The molecule has 1 aliphatic rings. The molecule has 0 unspecified atom stereocenters. The number of carbonyl (C=O) groups excluding carboxylic acids is 2. The van der Waals surface area contributed by atoms with Crippen molar-refractivity contribution in [3.8, 4) is 0 Å². The lowest BCUT2D eigenvalue weighted by molar-refractivity contribution is 0.102. The van der Waals surface area contributed by atoms with Gasteiger partial charge in [0.15, 0.2) is 0 Å². The highest BCUT2D eigenvalue weighted by Gasteiger charge is 2.22. The van der Waals surface area contributed by atoms with Crippen molar-refractivity contribution in [1.82, 2.24) is 9.88 Å². The van der Waals surface area contributed by atoms with Crippen LogP contribution in [0.15, 0.2) is 46.9 Å². The normalized spacial score (nSPS) is 13.9. The van der Waals surface area contributed by atoms with Crippen LogP contribution in [0, 0.1) is 5.82 Å². The smallest absolute Gasteiger partial charge is 0.410 e. The fourth-order valence-electron chi connectivity index (χ4n) is 3.02. The summed E-state index contributed by atoms with van der Waals surface area (Å²) >= 11 is 3.23. The van der Waals surface area contributed by atoms with Crippen molar-refractivity contribution in [2.24, 2.45) is 0 Å². The average molecular weight is 432 g/mol. The molecule has 8 heteroatoms. The monoisotopic (exact) mass is 431 g/mol. The highest BCUT2D eigenvalue weighted by molar-refractivity contribution is 9.10. The zero-order valence-corrected chi connectivity index (χ0v) is 15.7. The predicted molar refractivity (Wildman–Crippen MR) is 102 cm³/mol. The van der Waals surface area contributed by atoms with Crippen LogP contribution < -0.4 is 5.32 Å². The van der Waals surface area contributed by atoms with Crippen molar-refractivity contribution < 1.29 is 18.7 Å². The Kier molecular flexibility index (Phi) is 4.57. The molecule has 2 aromatic carbocycles. The SMILES string of the molecule is O=C(Nc1cccc(CN2CCOC2=O)c1)c1cc2c(F)cc(Br)cc2[nH]1. The molecule has 4 rings (SSSR count). The van der Waals surface area contributed by atoms with Crippen molar-refractivity contribution in [2.75, 3.05) is 18.5 Å². The molecule has 1 aliphatic heterocycles. The van der Waals surface area contributed by atoms with Gasteiger partial charge in [-0.1, -0.05) is 28.1 Å².